The van der Waals surface area contributed by atoms with Crippen molar-refractivity contribution in [3.05, 3.63) is 29.8 Å². The van der Waals surface area contributed by atoms with Crippen molar-refractivity contribution in [1.29, 1.82) is 0 Å². The van der Waals surface area contributed by atoms with Crippen LogP contribution in [0.1, 0.15) is 5.56 Å². The summed E-state index contributed by atoms with van der Waals surface area (Å²) in [4.78, 5) is 2.14. The average molecular weight is 240 g/mol. The van der Waals surface area contributed by atoms with E-state index >= 15 is 0 Å². The van der Waals surface area contributed by atoms with Gasteiger partial charge in [-0.15, -0.1) is 0 Å². The van der Waals surface area contributed by atoms with Crippen molar-refractivity contribution in [2.45, 2.75) is 6.10 Å². The smallest absolute Gasteiger partial charge is 0.106 e. The minimum atomic E-state index is -0.774. The number of hydrogen-bond acceptors (Lipinski definition) is 4. The van der Waals surface area contributed by atoms with E-state index in [-0.39, 0.29) is 6.61 Å². The van der Waals surface area contributed by atoms with Gasteiger partial charge in [-0.25, -0.2) is 0 Å². The van der Waals surface area contributed by atoms with Crippen molar-refractivity contribution in [3.63, 3.8) is 0 Å². The van der Waals surface area contributed by atoms with Crippen LogP contribution in [0.2, 0.25) is 0 Å². The van der Waals surface area contributed by atoms with Crippen LogP contribution in [0.15, 0.2) is 24.3 Å². The van der Waals surface area contributed by atoms with Crippen LogP contribution < -0.4 is 10.6 Å². The lowest BCUT2D eigenvalue weighted by molar-refractivity contribution is 0.101. The Morgan fingerprint density at radius 1 is 1.50 bits per heavy atom. The Balaban J connectivity index is 2.90. The van der Waals surface area contributed by atoms with Crippen molar-refractivity contribution in [2.24, 2.45) is 5.73 Å². The summed E-state index contributed by atoms with van der Waals surface area (Å²) in [5.74, 6) is 0. The van der Waals surface area contributed by atoms with Gasteiger partial charge in [0, 0.05) is 24.8 Å². The molecule has 0 aromatic heterocycles. The molecular formula is C11H16N2O2S. The molecule has 0 amide bonds. The Bertz CT molecular complexity index is 371. The van der Waals surface area contributed by atoms with Crippen LogP contribution in [0.25, 0.3) is 0 Å². The number of rotatable bonds is 5. The van der Waals surface area contributed by atoms with Crippen LogP contribution in [-0.4, -0.2) is 41.5 Å². The van der Waals surface area contributed by atoms with Crippen LogP contribution in [0.3, 0.4) is 0 Å². The fraction of sp³-hybridized carbons (Fsp3) is 0.364. The molecule has 1 rings (SSSR count). The van der Waals surface area contributed by atoms with E-state index in [0.717, 1.165) is 11.3 Å². The fourth-order valence-corrected chi connectivity index (χ4v) is 1.66. The number of hydrogen-bond donors (Lipinski definition) is 3. The van der Waals surface area contributed by atoms with Gasteiger partial charge in [0.15, 0.2) is 0 Å². The third-order valence-electron chi connectivity index (χ3n) is 2.28. The summed E-state index contributed by atoms with van der Waals surface area (Å²) >= 11 is 4.95. The summed E-state index contributed by atoms with van der Waals surface area (Å²) in [7, 11) is 1.82. The highest BCUT2D eigenvalue weighted by atomic mass is 32.1. The molecule has 4 nitrogen and oxygen atoms in total. The van der Waals surface area contributed by atoms with Crippen molar-refractivity contribution in [3.8, 4) is 0 Å². The zero-order chi connectivity index (χ0) is 12.1. The van der Waals surface area contributed by atoms with Crippen molar-refractivity contribution in [1.82, 2.24) is 0 Å². The van der Waals surface area contributed by atoms with Crippen LogP contribution in [-0.2, 0) is 0 Å². The monoisotopic (exact) mass is 240 g/mol. The summed E-state index contributed by atoms with van der Waals surface area (Å²) in [6.45, 7) is 0.0652. The van der Waals surface area contributed by atoms with Gasteiger partial charge in [0.1, 0.15) is 4.99 Å². The van der Waals surface area contributed by atoms with Gasteiger partial charge < -0.3 is 20.8 Å². The number of aliphatic hydroxyl groups is 2. The van der Waals surface area contributed by atoms with Crippen molar-refractivity contribution < 1.29 is 10.2 Å². The van der Waals surface area contributed by atoms with E-state index in [4.69, 9.17) is 23.1 Å². The van der Waals surface area contributed by atoms with Gasteiger partial charge >= 0.3 is 0 Å². The minimum absolute atomic E-state index is 0.264. The largest absolute Gasteiger partial charge is 0.394 e. The quantitative estimate of drug-likeness (QED) is 0.637. The Labute approximate surface area is 100 Å². The molecule has 1 unspecified atom stereocenters. The summed E-state index contributed by atoms with van der Waals surface area (Å²) in [6, 6.07) is 7.44. The first-order valence-corrected chi connectivity index (χ1v) is 5.36. The Morgan fingerprint density at radius 2 is 2.12 bits per heavy atom. The molecule has 0 aliphatic rings. The highest BCUT2D eigenvalue weighted by molar-refractivity contribution is 7.80. The van der Waals surface area contributed by atoms with Gasteiger partial charge in [-0.05, 0) is 12.1 Å². The van der Waals surface area contributed by atoms with E-state index in [0.29, 0.717) is 11.5 Å². The van der Waals surface area contributed by atoms with Gasteiger partial charge in [-0.2, -0.15) is 0 Å². The molecule has 0 aliphatic carbocycles. The van der Waals surface area contributed by atoms with Crippen LogP contribution in [0.4, 0.5) is 5.69 Å². The van der Waals surface area contributed by atoms with Crippen molar-refractivity contribution >= 4 is 22.9 Å². The molecule has 0 saturated carbocycles. The van der Waals surface area contributed by atoms with E-state index in [9.17, 15) is 5.11 Å². The maximum atomic E-state index is 9.36. The first-order valence-electron chi connectivity index (χ1n) is 4.95. The van der Waals surface area contributed by atoms with Gasteiger partial charge in [0.05, 0.1) is 12.7 Å². The lowest BCUT2D eigenvalue weighted by atomic mass is 10.1. The maximum Gasteiger partial charge on any atom is 0.106 e. The predicted octanol–water partition coefficient (Wildman–Crippen LogP) is 0.110. The maximum absolute atomic E-state index is 9.36. The Kier molecular flexibility index (Phi) is 4.67. The number of benzene rings is 1. The number of nitrogens with two attached hydrogens (primary N) is 1. The van der Waals surface area contributed by atoms with Crippen molar-refractivity contribution in [2.75, 3.05) is 25.1 Å². The molecule has 0 spiro atoms. The molecule has 0 saturated heterocycles. The highest BCUT2D eigenvalue weighted by Gasteiger charge is 2.12. The van der Waals surface area contributed by atoms with Crippen LogP contribution in [0, 0.1) is 0 Å². The number of nitrogens with zero attached hydrogens (tertiary/aromatic N) is 1. The van der Waals surface area contributed by atoms with E-state index in [1.165, 1.54) is 0 Å². The molecule has 0 fully saturated rings. The van der Waals surface area contributed by atoms with Gasteiger partial charge in [-0.1, -0.05) is 24.4 Å². The molecule has 4 N–H and O–H groups in total. The molecule has 1 atom stereocenters. The normalized spacial score (nSPS) is 12.2. The molecule has 1 aromatic carbocycles. The van der Waals surface area contributed by atoms with Crippen LogP contribution in [0.5, 0.6) is 0 Å². The van der Waals surface area contributed by atoms with E-state index in [1.54, 1.807) is 0 Å². The first-order chi connectivity index (χ1) is 7.56. The molecule has 0 bridgehead atoms. The second-order valence-electron chi connectivity index (χ2n) is 3.60. The molecule has 0 radical (unpaired) electrons. The Hall–Kier alpha value is -1.17. The molecule has 0 heterocycles. The second-order valence-corrected chi connectivity index (χ2v) is 4.04. The van der Waals surface area contributed by atoms with E-state index < -0.39 is 6.10 Å². The molecule has 1 aromatic rings. The van der Waals surface area contributed by atoms with Gasteiger partial charge in [0.25, 0.3) is 0 Å². The average Bonchev–Trinajstić information content (AvgIpc) is 2.28. The van der Waals surface area contributed by atoms with E-state index in [1.807, 2.05) is 36.2 Å². The summed E-state index contributed by atoms with van der Waals surface area (Å²) in [5, 5.41) is 18.1. The molecule has 88 valence electrons. The Morgan fingerprint density at radius 3 is 2.69 bits per heavy atom. The molecule has 5 heteroatoms. The van der Waals surface area contributed by atoms with Gasteiger partial charge in [-0.3, -0.25) is 0 Å². The zero-order valence-electron chi connectivity index (χ0n) is 9.13. The third kappa shape index (κ3) is 3.16. The highest BCUT2D eigenvalue weighted by Crippen LogP contribution is 2.19. The second kappa shape index (κ2) is 5.79. The first kappa shape index (κ1) is 12.9. The van der Waals surface area contributed by atoms with E-state index in [2.05, 4.69) is 0 Å². The van der Waals surface area contributed by atoms with Crippen LogP contribution >= 0.6 is 12.2 Å². The fourth-order valence-electron chi connectivity index (χ4n) is 1.49. The minimum Gasteiger partial charge on any atom is -0.394 e. The number of thiocarbonyl (C=S) groups is 1. The molecule has 16 heavy (non-hydrogen) atoms. The summed E-state index contributed by atoms with van der Waals surface area (Å²) in [6.07, 6.45) is -0.774. The number of likely N-dealkylation sites (N-methyl/N-ethyl adjacent to an activating group) is 1. The summed E-state index contributed by atoms with van der Waals surface area (Å²) in [5.41, 5.74) is 7.23. The standard InChI is InChI=1S/C11H16N2O2S/c1-13(6-8(15)7-14)10-5-3-2-4-9(10)11(12)16/h2-5,8,14-15H,6-7H2,1H3,(H2,12,16). The zero-order valence-corrected chi connectivity index (χ0v) is 9.94. The topological polar surface area (TPSA) is 69.7 Å². The number of para-hydroxylation sites is 1. The third-order valence-corrected chi connectivity index (χ3v) is 2.50. The van der Waals surface area contributed by atoms with Gasteiger partial charge in [0.2, 0.25) is 0 Å². The molecular weight excluding hydrogens is 224 g/mol. The SMILES string of the molecule is CN(CC(O)CO)c1ccccc1C(N)=S. The lowest BCUT2D eigenvalue weighted by Gasteiger charge is -2.24. The number of aliphatic hydroxyl groups excluding tert-OH is 2. The summed E-state index contributed by atoms with van der Waals surface area (Å²) < 4.78 is 0. The lowest BCUT2D eigenvalue weighted by Crippen LogP contribution is -2.32. The number of anilines is 1. The predicted molar refractivity (Wildman–Crippen MR) is 68.7 cm³/mol. The molecule has 0 aliphatic heterocycles.